The van der Waals surface area contributed by atoms with E-state index in [4.69, 9.17) is 10.4 Å². The van der Waals surface area contributed by atoms with Crippen molar-refractivity contribution in [2.24, 2.45) is 10.3 Å². The van der Waals surface area contributed by atoms with E-state index in [0.717, 1.165) is 0 Å². The normalized spacial score (nSPS) is 27.2. The highest BCUT2D eigenvalue weighted by Crippen LogP contribution is 2.34. The molecular weight excluding hydrogens is 228 g/mol. The fourth-order valence-corrected chi connectivity index (χ4v) is 1.99. The summed E-state index contributed by atoms with van der Waals surface area (Å²) in [6.07, 6.45) is 0.785. The Hall–Kier alpha value is -1.96. The molecule has 8 nitrogen and oxygen atoms in total. The maximum Gasteiger partial charge on any atom is 0.158 e. The van der Waals surface area contributed by atoms with Crippen LogP contribution in [-0.4, -0.2) is 37.3 Å². The van der Waals surface area contributed by atoms with E-state index in [1.165, 1.54) is 6.92 Å². The molecule has 0 spiro atoms. The van der Waals surface area contributed by atoms with Gasteiger partial charge in [0.1, 0.15) is 11.4 Å². The first-order valence-corrected chi connectivity index (χ1v) is 5.05. The lowest BCUT2D eigenvalue weighted by molar-refractivity contribution is 0.0976. The molecule has 0 bridgehead atoms. The third-order valence-electron chi connectivity index (χ3n) is 2.83. The second-order valence-electron chi connectivity index (χ2n) is 3.98. The van der Waals surface area contributed by atoms with Gasteiger partial charge in [-0.3, -0.25) is 0 Å². The predicted molar refractivity (Wildman–Crippen MR) is 55.2 cm³/mol. The molecular formula is C9H12N4O4. The van der Waals surface area contributed by atoms with Crippen molar-refractivity contribution in [3.05, 3.63) is 11.4 Å². The zero-order chi connectivity index (χ0) is 12.5. The van der Waals surface area contributed by atoms with Crippen molar-refractivity contribution in [2.75, 3.05) is 0 Å². The third-order valence-corrected chi connectivity index (χ3v) is 2.83. The molecule has 8 heteroatoms. The summed E-state index contributed by atoms with van der Waals surface area (Å²) >= 11 is 0. The van der Waals surface area contributed by atoms with Crippen molar-refractivity contribution >= 4 is 11.4 Å². The van der Waals surface area contributed by atoms with E-state index in [1.807, 2.05) is 0 Å². The Morgan fingerprint density at radius 3 is 2.82 bits per heavy atom. The molecule has 0 fully saturated rings. The molecule has 92 valence electrons. The molecule has 1 aromatic rings. The molecule has 2 rings (SSSR count). The number of fused-ring (bicyclic) bond motifs is 1. The first-order chi connectivity index (χ1) is 8.11. The molecule has 1 atom stereocenters. The second kappa shape index (κ2) is 4.13. The second-order valence-corrected chi connectivity index (χ2v) is 3.98. The van der Waals surface area contributed by atoms with Crippen LogP contribution in [0, 0.1) is 0 Å². The van der Waals surface area contributed by atoms with Crippen LogP contribution in [0.3, 0.4) is 0 Å². The van der Waals surface area contributed by atoms with Crippen molar-refractivity contribution in [2.45, 2.75) is 31.8 Å². The van der Waals surface area contributed by atoms with Crippen LogP contribution in [0.25, 0.3) is 0 Å². The van der Waals surface area contributed by atoms with Crippen LogP contribution in [0.15, 0.2) is 14.9 Å². The lowest BCUT2D eigenvalue weighted by Gasteiger charge is -2.29. The van der Waals surface area contributed by atoms with Gasteiger partial charge in [-0.05, 0) is 13.3 Å². The Morgan fingerprint density at radius 2 is 2.18 bits per heavy atom. The number of hydrogen-bond acceptors (Lipinski definition) is 8. The average molecular weight is 240 g/mol. The third kappa shape index (κ3) is 1.76. The number of rotatable bonds is 2. The van der Waals surface area contributed by atoms with Crippen LogP contribution >= 0.6 is 0 Å². The van der Waals surface area contributed by atoms with Gasteiger partial charge in [0.05, 0.1) is 11.4 Å². The van der Waals surface area contributed by atoms with E-state index in [1.54, 1.807) is 0 Å². The van der Waals surface area contributed by atoms with Crippen LogP contribution in [0.4, 0.5) is 0 Å². The summed E-state index contributed by atoms with van der Waals surface area (Å²) in [6.45, 7) is 1.54. The fraction of sp³-hybridized carbons (Fsp3) is 0.556. The van der Waals surface area contributed by atoms with Gasteiger partial charge in [-0.1, -0.05) is 20.6 Å². The summed E-state index contributed by atoms with van der Waals surface area (Å²) in [5, 5.41) is 41.5. The minimum atomic E-state index is -1.63. The summed E-state index contributed by atoms with van der Waals surface area (Å²) in [4.78, 5) is 0. The van der Waals surface area contributed by atoms with Crippen LogP contribution in [0.5, 0.6) is 0 Å². The van der Waals surface area contributed by atoms with Crippen molar-refractivity contribution in [3.63, 3.8) is 0 Å². The maximum atomic E-state index is 10.5. The van der Waals surface area contributed by atoms with Gasteiger partial charge in [-0.2, -0.15) is 0 Å². The molecule has 0 aromatic carbocycles. The molecule has 0 unspecified atom stereocenters. The van der Waals surface area contributed by atoms with E-state index in [2.05, 4.69) is 25.3 Å². The molecule has 0 aliphatic heterocycles. The molecule has 0 saturated heterocycles. The van der Waals surface area contributed by atoms with Crippen LogP contribution in [-0.2, 0) is 12.0 Å². The van der Waals surface area contributed by atoms with Gasteiger partial charge in [-0.15, -0.1) is 0 Å². The molecule has 1 aromatic heterocycles. The summed E-state index contributed by atoms with van der Waals surface area (Å²) < 4.78 is 4.57. The van der Waals surface area contributed by atoms with Gasteiger partial charge in [0.25, 0.3) is 0 Å². The van der Waals surface area contributed by atoms with E-state index < -0.39 is 5.60 Å². The SMILES string of the molecule is C/C(C[C@]1(O)/C(=N\O)CCc2nonc21)=N/O. The van der Waals surface area contributed by atoms with E-state index in [0.29, 0.717) is 18.5 Å². The Morgan fingerprint density at radius 1 is 1.41 bits per heavy atom. The first kappa shape index (κ1) is 11.5. The van der Waals surface area contributed by atoms with E-state index in [9.17, 15) is 5.11 Å². The zero-order valence-corrected chi connectivity index (χ0v) is 9.16. The number of aryl methyl sites for hydroxylation is 1. The van der Waals surface area contributed by atoms with E-state index in [-0.39, 0.29) is 23.5 Å². The Bertz CT molecular complexity index is 481. The lowest BCUT2D eigenvalue weighted by Crippen LogP contribution is -2.42. The van der Waals surface area contributed by atoms with E-state index >= 15 is 0 Å². The Labute approximate surface area is 96.2 Å². The topological polar surface area (TPSA) is 124 Å². The summed E-state index contributed by atoms with van der Waals surface area (Å²) in [7, 11) is 0. The van der Waals surface area contributed by atoms with Gasteiger partial charge in [-0.25, -0.2) is 4.63 Å². The van der Waals surface area contributed by atoms with Gasteiger partial charge < -0.3 is 15.5 Å². The highest BCUT2D eigenvalue weighted by Gasteiger charge is 2.45. The largest absolute Gasteiger partial charge is 0.411 e. The summed E-state index contributed by atoms with van der Waals surface area (Å²) in [5.41, 5.74) is -0.461. The predicted octanol–water partition coefficient (Wildman–Crippen LogP) is 0.274. The quantitative estimate of drug-likeness (QED) is 0.387. The molecule has 0 radical (unpaired) electrons. The monoisotopic (exact) mass is 240 g/mol. The van der Waals surface area contributed by atoms with Gasteiger partial charge in [0.15, 0.2) is 5.60 Å². The van der Waals surface area contributed by atoms with Crippen LogP contribution in [0.1, 0.15) is 31.2 Å². The molecule has 1 heterocycles. The number of nitrogens with zero attached hydrogens (tertiary/aromatic N) is 4. The lowest BCUT2D eigenvalue weighted by atomic mass is 9.80. The molecule has 17 heavy (non-hydrogen) atoms. The summed E-state index contributed by atoms with van der Waals surface area (Å²) in [6, 6.07) is 0. The Balaban J connectivity index is 2.47. The smallest absolute Gasteiger partial charge is 0.158 e. The number of oxime groups is 2. The van der Waals surface area contributed by atoms with Crippen LogP contribution in [0.2, 0.25) is 0 Å². The van der Waals surface area contributed by atoms with Crippen LogP contribution < -0.4 is 0 Å². The van der Waals surface area contributed by atoms with Crippen molar-refractivity contribution in [1.29, 1.82) is 0 Å². The van der Waals surface area contributed by atoms with Crippen molar-refractivity contribution in [3.8, 4) is 0 Å². The minimum absolute atomic E-state index is 0.0376. The fourth-order valence-electron chi connectivity index (χ4n) is 1.99. The van der Waals surface area contributed by atoms with Crippen molar-refractivity contribution < 1.29 is 20.2 Å². The molecule has 0 amide bonds. The number of hydrogen-bond donors (Lipinski definition) is 3. The van der Waals surface area contributed by atoms with Crippen molar-refractivity contribution in [1.82, 2.24) is 10.3 Å². The molecule has 3 N–H and O–H groups in total. The molecule has 0 saturated carbocycles. The molecule has 1 aliphatic rings. The Kier molecular flexibility index (Phi) is 2.80. The zero-order valence-electron chi connectivity index (χ0n) is 9.16. The summed E-state index contributed by atoms with van der Waals surface area (Å²) in [5.74, 6) is 0. The average Bonchev–Trinajstić information content (AvgIpc) is 2.78. The van der Waals surface area contributed by atoms with Gasteiger partial charge >= 0.3 is 0 Å². The standard InChI is InChI=1S/C9H12N4O4/c1-5(10-15)4-9(14)7(11-16)3-2-6-8(9)13-17-12-6/h14-16H,2-4H2,1H3/b10-5-,11-7-/t9-/m0/s1. The highest BCUT2D eigenvalue weighted by molar-refractivity contribution is 5.98. The first-order valence-electron chi connectivity index (χ1n) is 5.05. The van der Waals surface area contributed by atoms with Gasteiger partial charge in [0.2, 0.25) is 0 Å². The minimum Gasteiger partial charge on any atom is -0.411 e. The highest BCUT2D eigenvalue weighted by atomic mass is 16.6. The van der Waals surface area contributed by atoms with Gasteiger partial charge in [0, 0.05) is 12.8 Å². The number of aromatic nitrogens is 2. The maximum absolute atomic E-state index is 10.5. The molecule has 1 aliphatic carbocycles. The number of aliphatic hydroxyl groups is 1.